The SMILES string of the molecule is CC(C)(C)OC(=O)N1CCC(CN[C@H]2C=C2c2ccccc2)CC1. The molecular formula is C20H28N2O2. The maximum Gasteiger partial charge on any atom is 0.410 e. The van der Waals surface area contributed by atoms with Crippen molar-refractivity contribution in [2.24, 2.45) is 5.92 Å². The molecule has 0 saturated carbocycles. The van der Waals surface area contributed by atoms with Crippen LogP contribution in [0.25, 0.3) is 5.57 Å². The van der Waals surface area contributed by atoms with Crippen molar-refractivity contribution in [2.45, 2.75) is 45.3 Å². The smallest absolute Gasteiger partial charge is 0.410 e. The second-order valence-electron chi connectivity index (χ2n) is 7.78. The third kappa shape index (κ3) is 4.60. The zero-order chi connectivity index (χ0) is 17.2. The van der Waals surface area contributed by atoms with Crippen LogP contribution >= 0.6 is 0 Å². The number of piperidine rings is 1. The quantitative estimate of drug-likeness (QED) is 0.916. The van der Waals surface area contributed by atoms with E-state index in [2.05, 4.69) is 35.7 Å². The minimum Gasteiger partial charge on any atom is -0.444 e. The first-order valence-electron chi connectivity index (χ1n) is 8.91. The maximum atomic E-state index is 12.1. The van der Waals surface area contributed by atoms with Gasteiger partial charge in [0.05, 0.1) is 6.04 Å². The molecule has 1 N–H and O–H groups in total. The highest BCUT2D eigenvalue weighted by molar-refractivity contribution is 5.83. The number of hydrogen-bond donors (Lipinski definition) is 1. The largest absolute Gasteiger partial charge is 0.444 e. The topological polar surface area (TPSA) is 41.6 Å². The molecule has 1 aromatic rings. The summed E-state index contributed by atoms with van der Waals surface area (Å²) in [6, 6.07) is 11.0. The molecule has 1 saturated heterocycles. The van der Waals surface area contributed by atoms with Gasteiger partial charge in [-0.25, -0.2) is 4.79 Å². The predicted molar refractivity (Wildman–Crippen MR) is 96.7 cm³/mol. The molecule has 1 atom stereocenters. The van der Waals surface area contributed by atoms with Gasteiger partial charge in [-0.1, -0.05) is 36.4 Å². The summed E-state index contributed by atoms with van der Waals surface area (Å²) in [5, 5.41) is 3.63. The van der Waals surface area contributed by atoms with Crippen LogP contribution in [0.15, 0.2) is 36.4 Å². The predicted octanol–water partition coefficient (Wildman–Crippen LogP) is 3.69. The molecule has 4 heteroatoms. The van der Waals surface area contributed by atoms with Crippen molar-refractivity contribution < 1.29 is 9.53 Å². The molecule has 0 bridgehead atoms. The Morgan fingerprint density at radius 2 is 1.88 bits per heavy atom. The number of rotatable bonds is 4. The molecule has 1 aliphatic heterocycles. The van der Waals surface area contributed by atoms with Gasteiger partial charge in [-0.3, -0.25) is 0 Å². The van der Waals surface area contributed by atoms with Gasteiger partial charge in [0.15, 0.2) is 0 Å². The molecule has 1 heterocycles. The van der Waals surface area contributed by atoms with Crippen molar-refractivity contribution in [3.05, 3.63) is 42.0 Å². The molecule has 1 aromatic carbocycles. The summed E-state index contributed by atoms with van der Waals surface area (Å²) in [5.74, 6) is 0.634. The molecule has 1 aliphatic carbocycles. The Kier molecular flexibility index (Phi) is 4.95. The molecule has 24 heavy (non-hydrogen) atoms. The Balaban J connectivity index is 1.36. The van der Waals surface area contributed by atoms with Crippen LogP contribution in [0.1, 0.15) is 39.2 Å². The number of likely N-dealkylation sites (tertiary alicyclic amines) is 1. The van der Waals surface area contributed by atoms with Crippen molar-refractivity contribution in [3.63, 3.8) is 0 Å². The lowest BCUT2D eigenvalue weighted by Crippen LogP contribution is -2.43. The Labute approximate surface area is 144 Å². The number of ether oxygens (including phenoxy) is 1. The summed E-state index contributed by atoms with van der Waals surface area (Å²) < 4.78 is 5.45. The van der Waals surface area contributed by atoms with Gasteiger partial charge in [0.1, 0.15) is 5.60 Å². The molecule has 3 rings (SSSR count). The molecule has 0 unspecified atom stereocenters. The van der Waals surface area contributed by atoms with Gasteiger partial charge in [-0.05, 0) is 57.2 Å². The van der Waals surface area contributed by atoms with Crippen LogP contribution in [-0.4, -0.2) is 42.3 Å². The summed E-state index contributed by atoms with van der Waals surface area (Å²) in [5.41, 5.74) is 2.30. The highest BCUT2D eigenvalue weighted by Gasteiger charge is 2.29. The third-order valence-corrected chi connectivity index (χ3v) is 4.57. The van der Waals surface area contributed by atoms with Gasteiger partial charge >= 0.3 is 6.09 Å². The van der Waals surface area contributed by atoms with Crippen LogP contribution in [0, 0.1) is 5.92 Å². The summed E-state index contributed by atoms with van der Waals surface area (Å²) in [7, 11) is 0. The van der Waals surface area contributed by atoms with Crippen molar-refractivity contribution in [3.8, 4) is 0 Å². The fraction of sp³-hybridized carbons (Fsp3) is 0.550. The lowest BCUT2D eigenvalue weighted by molar-refractivity contribution is 0.0184. The zero-order valence-corrected chi connectivity index (χ0v) is 14.9. The van der Waals surface area contributed by atoms with Crippen LogP contribution in [0.3, 0.4) is 0 Å². The number of benzene rings is 1. The number of nitrogens with one attached hydrogen (secondary N) is 1. The first kappa shape index (κ1) is 17.0. The van der Waals surface area contributed by atoms with Crippen molar-refractivity contribution >= 4 is 11.7 Å². The molecule has 0 aromatic heterocycles. The number of carbonyl (C=O) groups is 1. The average molecular weight is 328 g/mol. The Hall–Kier alpha value is -1.81. The average Bonchev–Trinajstić information content (AvgIpc) is 3.32. The number of carbonyl (C=O) groups excluding carboxylic acids is 1. The monoisotopic (exact) mass is 328 g/mol. The number of nitrogens with zero attached hydrogens (tertiary/aromatic N) is 1. The van der Waals surface area contributed by atoms with Crippen LogP contribution in [0.4, 0.5) is 4.79 Å². The molecule has 0 radical (unpaired) electrons. The van der Waals surface area contributed by atoms with Crippen LogP contribution < -0.4 is 5.32 Å². The Morgan fingerprint density at radius 1 is 1.21 bits per heavy atom. The summed E-state index contributed by atoms with van der Waals surface area (Å²) in [4.78, 5) is 13.9. The van der Waals surface area contributed by atoms with Gasteiger partial charge in [-0.15, -0.1) is 0 Å². The van der Waals surface area contributed by atoms with Gasteiger partial charge in [0, 0.05) is 13.1 Å². The summed E-state index contributed by atoms with van der Waals surface area (Å²) in [6.07, 6.45) is 4.19. The summed E-state index contributed by atoms with van der Waals surface area (Å²) in [6.45, 7) is 8.34. The van der Waals surface area contributed by atoms with Crippen molar-refractivity contribution in [1.82, 2.24) is 10.2 Å². The zero-order valence-electron chi connectivity index (χ0n) is 14.9. The van der Waals surface area contributed by atoms with Gasteiger partial charge in [0.2, 0.25) is 0 Å². The second kappa shape index (κ2) is 6.98. The van der Waals surface area contributed by atoms with Crippen LogP contribution in [0.5, 0.6) is 0 Å². The first-order valence-corrected chi connectivity index (χ1v) is 8.91. The highest BCUT2D eigenvalue weighted by Crippen LogP contribution is 2.31. The Morgan fingerprint density at radius 3 is 2.50 bits per heavy atom. The maximum absolute atomic E-state index is 12.1. The van der Waals surface area contributed by atoms with Crippen molar-refractivity contribution in [2.75, 3.05) is 19.6 Å². The van der Waals surface area contributed by atoms with E-state index in [9.17, 15) is 4.79 Å². The molecular weight excluding hydrogens is 300 g/mol. The van der Waals surface area contributed by atoms with Gasteiger partial charge in [0.25, 0.3) is 0 Å². The second-order valence-corrected chi connectivity index (χ2v) is 7.78. The number of amides is 1. The van der Waals surface area contributed by atoms with E-state index in [1.807, 2.05) is 31.7 Å². The normalized spacial score (nSPS) is 21.4. The van der Waals surface area contributed by atoms with Crippen LogP contribution in [-0.2, 0) is 4.74 Å². The molecule has 1 amide bonds. The molecule has 4 nitrogen and oxygen atoms in total. The van der Waals surface area contributed by atoms with Gasteiger partial charge in [-0.2, -0.15) is 0 Å². The summed E-state index contributed by atoms with van der Waals surface area (Å²) >= 11 is 0. The van der Waals surface area contributed by atoms with E-state index in [1.165, 1.54) is 11.1 Å². The van der Waals surface area contributed by atoms with E-state index >= 15 is 0 Å². The lowest BCUT2D eigenvalue weighted by atomic mass is 9.97. The van der Waals surface area contributed by atoms with E-state index in [4.69, 9.17) is 4.74 Å². The van der Waals surface area contributed by atoms with E-state index < -0.39 is 5.60 Å². The minimum atomic E-state index is -0.416. The van der Waals surface area contributed by atoms with E-state index in [1.54, 1.807) is 0 Å². The first-order chi connectivity index (χ1) is 11.4. The lowest BCUT2D eigenvalue weighted by Gasteiger charge is -2.33. The third-order valence-electron chi connectivity index (χ3n) is 4.57. The minimum absolute atomic E-state index is 0.177. The van der Waals surface area contributed by atoms with E-state index in [-0.39, 0.29) is 6.09 Å². The molecule has 0 spiro atoms. The Bertz CT molecular complexity index is 596. The molecule has 130 valence electrons. The fourth-order valence-electron chi connectivity index (χ4n) is 3.15. The van der Waals surface area contributed by atoms with Gasteiger partial charge < -0.3 is 15.0 Å². The van der Waals surface area contributed by atoms with Crippen LogP contribution in [0.2, 0.25) is 0 Å². The van der Waals surface area contributed by atoms with E-state index in [0.717, 1.165) is 32.5 Å². The van der Waals surface area contributed by atoms with Crippen molar-refractivity contribution in [1.29, 1.82) is 0 Å². The molecule has 2 aliphatic rings. The number of hydrogen-bond acceptors (Lipinski definition) is 3. The highest BCUT2D eigenvalue weighted by atomic mass is 16.6. The molecule has 1 fully saturated rings. The standard InChI is InChI=1S/C20H28N2O2/c1-20(2,3)24-19(23)22-11-9-15(10-12-22)14-21-18-13-17(18)16-7-5-4-6-8-16/h4-8,13,15,18,21H,9-12,14H2,1-3H3/t18-/m0/s1. The fourth-order valence-corrected chi connectivity index (χ4v) is 3.15. The van der Waals surface area contributed by atoms with E-state index in [0.29, 0.717) is 12.0 Å².